The fourth-order valence-corrected chi connectivity index (χ4v) is 9.22. The molecule has 37 heavy (non-hydrogen) atoms. The molecule has 1 saturated carbocycles. The summed E-state index contributed by atoms with van der Waals surface area (Å²) in [7, 11) is 0. The third kappa shape index (κ3) is 2.12. The van der Waals surface area contributed by atoms with Crippen LogP contribution in [0.1, 0.15) is 52.9 Å². The van der Waals surface area contributed by atoms with Gasteiger partial charge in [-0.15, -0.1) is 0 Å². The highest BCUT2D eigenvalue weighted by Crippen LogP contribution is 2.73. The Balaban J connectivity index is 1.50. The van der Waals surface area contributed by atoms with Crippen LogP contribution in [0.25, 0.3) is 0 Å². The summed E-state index contributed by atoms with van der Waals surface area (Å²) in [6, 6.07) is 0. The van der Waals surface area contributed by atoms with Crippen LogP contribution >= 0.6 is 0 Å². The zero-order valence-corrected chi connectivity index (χ0v) is 21.0. The van der Waals surface area contributed by atoms with E-state index in [4.69, 9.17) is 14.2 Å². The Kier molecular flexibility index (Phi) is 4.02. The van der Waals surface area contributed by atoms with Gasteiger partial charge in [0.25, 0.3) is 0 Å². The van der Waals surface area contributed by atoms with Gasteiger partial charge >= 0.3 is 11.9 Å². The number of rotatable bonds is 0. The summed E-state index contributed by atoms with van der Waals surface area (Å²) < 4.78 is 18.0. The number of fused-ring (bicyclic) bond motifs is 9. The van der Waals surface area contributed by atoms with E-state index in [0.29, 0.717) is 6.42 Å². The number of carbonyl (C=O) groups excluding carboxylic acids is 4. The summed E-state index contributed by atoms with van der Waals surface area (Å²) in [5.41, 5.74) is -7.44. The first-order chi connectivity index (χ1) is 17.2. The topological polar surface area (TPSA) is 136 Å². The molecule has 4 bridgehead atoms. The van der Waals surface area contributed by atoms with E-state index >= 15 is 0 Å². The first-order valence-corrected chi connectivity index (χ1v) is 13.0. The zero-order valence-electron chi connectivity index (χ0n) is 21.0. The molecule has 7 aliphatic rings. The van der Waals surface area contributed by atoms with Gasteiger partial charge in [0, 0.05) is 16.9 Å². The van der Waals surface area contributed by atoms with Crippen LogP contribution in [0.2, 0.25) is 0 Å². The third-order valence-corrected chi connectivity index (χ3v) is 11.3. The number of ether oxygens (including phenoxy) is 3. The number of hydrogen-bond acceptors (Lipinski definition) is 9. The molecule has 9 heteroatoms. The van der Waals surface area contributed by atoms with Crippen molar-refractivity contribution in [3.63, 3.8) is 0 Å². The maximum atomic E-state index is 14.5. The number of carbonyl (C=O) groups is 4. The Morgan fingerprint density at radius 1 is 1.08 bits per heavy atom. The molecule has 7 rings (SSSR count). The molecule has 196 valence electrons. The zero-order chi connectivity index (χ0) is 26.6. The molecule has 9 nitrogen and oxygen atoms in total. The molecule has 4 saturated heterocycles. The van der Waals surface area contributed by atoms with Crippen LogP contribution in [0.4, 0.5) is 0 Å². The predicted molar refractivity (Wildman–Crippen MR) is 124 cm³/mol. The van der Waals surface area contributed by atoms with Crippen LogP contribution in [0, 0.1) is 28.6 Å². The Bertz CT molecular complexity index is 1310. The van der Waals surface area contributed by atoms with Gasteiger partial charge in [0.2, 0.25) is 5.79 Å². The first kappa shape index (κ1) is 23.5. The van der Waals surface area contributed by atoms with E-state index in [-0.39, 0.29) is 37.0 Å². The van der Waals surface area contributed by atoms with E-state index in [1.54, 1.807) is 19.9 Å². The van der Waals surface area contributed by atoms with Crippen molar-refractivity contribution in [2.45, 2.75) is 81.6 Å². The van der Waals surface area contributed by atoms with Crippen molar-refractivity contribution < 1.29 is 43.6 Å². The molecular formula is C28H30O9. The van der Waals surface area contributed by atoms with Crippen LogP contribution < -0.4 is 0 Å². The highest BCUT2D eigenvalue weighted by Gasteiger charge is 2.91. The molecule has 5 fully saturated rings. The molecule has 0 aromatic rings. The minimum absolute atomic E-state index is 0.0271. The standard InChI is InChI=1S/C28H30O9/c1-13-21(31)35-18-12-23(13,2)19-20(30)27(34)16-9-8-14-6-5-7-17(29)24(14,3)15(16)10-11-26(33)22(32)36-25(18,4)28(19,26)37-27/h5,7-8,15-16,18-19,33-34H,1,6,9-12H2,2-4H3/t15-,16+,18+,19-,23+,24-,25-,26+,27-,28+/m0/s1. The molecule has 3 aliphatic carbocycles. The van der Waals surface area contributed by atoms with Crippen LogP contribution in [0.5, 0.6) is 0 Å². The average molecular weight is 511 g/mol. The second kappa shape index (κ2) is 6.33. The summed E-state index contributed by atoms with van der Waals surface area (Å²) in [6.45, 7) is 8.91. The lowest BCUT2D eigenvalue weighted by molar-refractivity contribution is -0.339. The van der Waals surface area contributed by atoms with Gasteiger partial charge in [0.05, 0.1) is 11.3 Å². The average Bonchev–Trinajstić information content (AvgIpc) is 3.19. The Labute approximate surface area is 213 Å². The maximum Gasteiger partial charge on any atom is 0.342 e. The van der Waals surface area contributed by atoms with Crippen molar-refractivity contribution in [1.82, 2.24) is 0 Å². The van der Waals surface area contributed by atoms with E-state index < -0.39 is 75.0 Å². The summed E-state index contributed by atoms with van der Waals surface area (Å²) in [5.74, 6) is -7.72. The molecule has 0 unspecified atom stereocenters. The molecular weight excluding hydrogens is 480 g/mol. The maximum absolute atomic E-state index is 14.5. The SMILES string of the molecule is C=C1C(=O)O[C@@H]2C[C@@]1(C)[C@@H]1C(=O)[C@@]3(O)O[C@]14[C@@](O)(CC[C@H]1[C@H]3CC=C3CC=CC(=O)[C@@]31C)C(=O)O[C@@]24C. The number of hydrogen-bond donors (Lipinski definition) is 2. The quantitative estimate of drug-likeness (QED) is 0.282. The summed E-state index contributed by atoms with van der Waals surface area (Å²) in [5, 5.41) is 24.6. The second-order valence-corrected chi connectivity index (χ2v) is 12.6. The van der Waals surface area contributed by atoms with Gasteiger partial charge in [-0.1, -0.05) is 31.2 Å². The van der Waals surface area contributed by atoms with E-state index in [9.17, 15) is 29.4 Å². The molecule has 4 aliphatic heterocycles. The number of esters is 2. The lowest BCUT2D eigenvalue weighted by Crippen LogP contribution is -2.77. The molecule has 0 aromatic heterocycles. The fraction of sp³-hybridized carbons (Fsp3) is 0.643. The number of allylic oxidation sites excluding steroid dienone is 4. The van der Waals surface area contributed by atoms with Gasteiger partial charge in [-0.25, -0.2) is 9.59 Å². The van der Waals surface area contributed by atoms with E-state index in [1.807, 2.05) is 6.08 Å². The number of Topliss-reactive ketones (excluding diaryl/α,β-unsaturated/α-hetero) is 1. The molecule has 0 amide bonds. The highest BCUT2D eigenvalue weighted by atomic mass is 16.7. The molecule has 0 radical (unpaired) electrons. The minimum Gasteiger partial charge on any atom is -0.455 e. The van der Waals surface area contributed by atoms with Gasteiger partial charge in [0.15, 0.2) is 28.4 Å². The lowest BCUT2D eigenvalue weighted by Gasteiger charge is -2.60. The van der Waals surface area contributed by atoms with Crippen molar-refractivity contribution >= 4 is 23.5 Å². The molecule has 2 N–H and O–H groups in total. The molecule has 1 spiro atoms. The van der Waals surface area contributed by atoms with Gasteiger partial charge < -0.3 is 24.4 Å². The predicted octanol–water partition coefficient (Wildman–Crippen LogP) is 1.46. The highest BCUT2D eigenvalue weighted by molar-refractivity contribution is 6.02. The summed E-state index contributed by atoms with van der Waals surface area (Å²) >= 11 is 0. The van der Waals surface area contributed by atoms with Gasteiger partial charge in [-0.05, 0) is 57.9 Å². The smallest absolute Gasteiger partial charge is 0.342 e. The Morgan fingerprint density at radius 2 is 1.81 bits per heavy atom. The van der Waals surface area contributed by atoms with Crippen molar-refractivity contribution in [3.05, 3.63) is 36.0 Å². The molecule has 4 heterocycles. The molecule has 0 aromatic carbocycles. The van der Waals surface area contributed by atoms with Crippen molar-refractivity contribution in [1.29, 1.82) is 0 Å². The summed E-state index contributed by atoms with van der Waals surface area (Å²) in [6.07, 6.45) is 5.20. The summed E-state index contributed by atoms with van der Waals surface area (Å²) in [4.78, 5) is 54.3. The van der Waals surface area contributed by atoms with Gasteiger partial charge in [-0.3, -0.25) is 9.59 Å². The number of ketones is 2. The largest absolute Gasteiger partial charge is 0.455 e. The Morgan fingerprint density at radius 3 is 2.54 bits per heavy atom. The minimum atomic E-state index is -2.44. The van der Waals surface area contributed by atoms with Crippen molar-refractivity contribution in [3.8, 4) is 0 Å². The third-order valence-electron chi connectivity index (χ3n) is 11.3. The van der Waals surface area contributed by atoms with Crippen LogP contribution in [-0.2, 0) is 33.4 Å². The fourth-order valence-electron chi connectivity index (χ4n) is 9.22. The van der Waals surface area contributed by atoms with E-state index in [1.165, 1.54) is 13.0 Å². The first-order valence-electron chi connectivity index (χ1n) is 13.0. The van der Waals surface area contributed by atoms with Crippen molar-refractivity contribution in [2.75, 3.05) is 0 Å². The van der Waals surface area contributed by atoms with Crippen molar-refractivity contribution in [2.24, 2.45) is 28.6 Å². The van der Waals surface area contributed by atoms with Crippen LogP contribution in [-0.4, -0.2) is 62.4 Å². The number of aliphatic hydroxyl groups is 2. The van der Waals surface area contributed by atoms with Gasteiger partial charge in [0.1, 0.15) is 6.10 Å². The van der Waals surface area contributed by atoms with E-state index in [2.05, 4.69) is 6.58 Å². The van der Waals surface area contributed by atoms with Crippen LogP contribution in [0.15, 0.2) is 36.0 Å². The van der Waals surface area contributed by atoms with E-state index in [0.717, 1.165) is 5.57 Å². The Hall–Kier alpha value is -2.62. The van der Waals surface area contributed by atoms with Gasteiger partial charge in [-0.2, -0.15) is 0 Å². The van der Waals surface area contributed by atoms with Crippen LogP contribution in [0.3, 0.4) is 0 Å². The normalized spacial score (nSPS) is 55.4. The lowest BCUT2D eigenvalue weighted by atomic mass is 9.47. The second-order valence-electron chi connectivity index (χ2n) is 12.6. The molecule has 10 atom stereocenters. The monoisotopic (exact) mass is 510 g/mol.